The van der Waals surface area contributed by atoms with Gasteiger partial charge >= 0.3 is 5.79 Å². The Kier molecular flexibility index (Phi) is 2.03. The van der Waals surface area contributed by atoms with Crippen LogP contribution < -0.4 is 10.7 Å². The SMILES string of the molecule is CC1(F)C=C(N)c2c(F)cccc2[N+]1(F)F. The number of halogens is 4. The summed E-state index contributed by atoms with van der Waals surface area (Å²) in [4.78, 5) is -3.07. The van der Waals surface area contributed by atoms with Crippen molar-refractivity contribution >= 4 is 11.4 Å². The second-order valence-electron chi connectivity index (χ2n) is 3.77. The molecule has 6 heteroatoms. The van der Waals surface area contributed by atoms with Gasteiger partial charge in [0.05, 0.1) is 14.7 Å². The van der Waals surface area contributed by atoms with Gasteiger partial charge in [0.2, 0.25) is 5.69 Å². The van der Waals surface area contributed by atoms with E-state index in [0.29, 0.717) is 13.0 Å². The van der Waals surface area contributed by atoms with Crippen molar-refractivity contribution in [2.75, 3.05) is 0 Å². The van der Waals surface area contributed by atoms with E-state index in [2.05, 4.69) is 0 Å². The Morgan fingerprint density at radius 2 is 1.94 bits per heavy atom. The number of quaternary nitrogens is 1. The minimum atomic E-state index is -3.07. The highest BCUT2D eigenvalue weighted by Crippen LogP contribution is 2.46. The molecule has 0 saturated heterocycles. The third kappa shape index (κ3) is 1.23. The van der Waals surface area contributed by atoms with Crippen molar-refractivity contribution in [2.45, 2.75) is 12.7 Å². The summed E-state index contributed by atoms with van der Waals surface area (Å²) in [6, 6.07) is 3.05. The predicted octanol–water partition coefficient (Wildman–Crippen LogP) is 2.90. The number of rotatable bonds is 0. The summed E-state index contributed by atoms with van der Waals surface area (Å²) < 4.78 is 54.2. The van der Waals surface area contributed by atoms with Gasteiger partial charge < -0.3 is 5.73 Å². The lowest BCUT2D eigenvalue weighted by Crippen LogP contribution is -2.51. The van der Waals surface area contributed by atoms with Crippen LogP contribution in [0.2, 0.25) is 0 Å². The molecule has 1 unspecified atom stereocenters. The van der Waals surface area contributed by atoms with Gasteiger partial charge in [-0.3, -0.25) is 0 Å². The summed E-state index contributed by atoms with van der Waals surface area (Å²) in [5.41, 5.74) is 3.85. The lowest BCUT2D eigenvalue weighted by atomic mass is 10.0. The molecule has 2 nitrogen and oxygen atoms in total. The van der Waals surface area contributed by atoms with Crippen LogP contribution in [-0.4, -0.2) is 5.79 Å². The van der Waals surface area contributed by atoms with Gasteiger partial charge in [0.1, 0.15) is 16.3 Å². The van der Waals surface area contributed by atoms with Gasteiger partial charge in [0.15, 0.2) is 0 Å². The maximum Gasteiger partial charge on any atom is 0.338 e. The first kappa shape index (κ1) is 10.9. The van der Waals surface area contributed by atoms with E-state index in [9.17, 15) is 17.7 Å². The summed E-state index contributed by atoms with van der Waals surface area (Å²) >= 11 is 0. The van der Waals surface area contributed by atoms with Crippen LogP contribution in [-0.2, 0) is 0 Å². The Labute approximate surface area is 89.0 Å². The molecule has 2 N–H and O–H groups in total. The Bertz CT molecular complexity index is 480. The summed E-state index contributed by atoms with van der Waals surface area (Å²) in [6.07, 6.45) is 0.526. The summed E-state index contributed by atoms with van der Waals surface area (Å²) in [5, 5.41) is 0. The predicted molar refractivity (Wildman–Crippen MR) is 52.1 cm³/mol. The second kappa shape index (κ2) is 2.98. The zero-order chi connectivity index (χ0) is 12.1. The fourth-order valence-electron chi connectivity index (χ4n) is 1.71. The van der Waals surface area contributed by atoms with E-state index in [1.165, 1.54) is 0 Å². The second-order valence-corrected chi connectivity index (χ2v) is 3.77. The number of alkyl halides is 1. The summed E-state index contributed by atoms with van der Waals surface area (Å²) in [6.45, 7) is 0.688. The van der Waals surface area contributed by atoms with Crippen molar-refractivity contribution in [3.8, 4) is 0 Å². The fourth-order valence-corrected chi connectivity index (χ4v) is 1.71. The smallest absolute Gasteiger partial charge is 0.338 e. The molecule has 1 atom stereocenters. The molecule has 16 heavy (non-hydrogen) atoms. The minimum Gasteiger partial charge on any atom is -0.398 e. The van der Waals surface area contributed by atoms with Crippen molar-refractivity contribution in [2.24, 2.45) is 5.73 Å². The molecule has 0 amide bonds. The molecular weight excluding hydrogens is 224 g/mol. The maximum atomic E-state index is 13.7. The van der Waals surface area contributed by atoms with Gasteiger partial charge in [0, 0.05) is 19.1 Å². The van der Waals surface area contributed by atoms with Gasteiger partial charge in [-0.2, -0.15) is 4.39 Å². The van der Waals surface area contributed by atoms with E-state index >= 15 is 0 Å². The summed E-state index contributed by atoms with van der Waals surface area (Å²) in [5.74, 6) is -3.86. The number of nitrogens with two attached hydrogens (primary N) is 1. The molecule has 1 aliphatic heterocycles. The minimum absolute atomic E-state index is 0.317. The molecule has 1 aromatic carbocycles. The number of fused-ring (bicyclic) bond motifs is 1. The Hall–Kier alpha value is -1.56. The molecule has 86 valence electrons. The zero-order valence-electron chi connectivity index (χ0n) is 8.35. The lowest BCUT2D eigenvalue weighted by Gasteiger charge is -2.29. The molecule has 1 aliphatic rings. The van der Waals surface area contributed by atoms with Crippen LogP contribution >= 0.6 is 0 Å². The molecule has 1 aromatic rings. The zero-order valence-corrected chi connectivity index (χ0v) is 8.35. The van der Waals surface area contributed by atoms with Gasteiger partial charge in [-0.05, 0) is 6.07 Å². The molecule has 2 rings (SSSR count). The highest BCUT2D eigenvalue weighted by atomic mass is 19.4. The maximum absolute atomic E-state index is 13.7. The Morgan fingerprint density at radius 3 is 2.56 bits per heavy atom. The highest BCUT2D eigenvalue weighted by Gasteiger charge is 2.59. The molecule has 0 saturated carbocycles. The lowest BCUT2D eigenvalue weighted by molar-refractivity contribution is -0.239. The molecule has 0 aliphatic carbocycles. The van der Waals surface area contributed by atoms with Crippen LogP contribution in [0.25, 0.3) is 5.70 Å². The van der Waals surface area contributed by atoms with E-state index < -0.39 is 27.8 Å². The van der Waals surface area contributed by atoms with Crippen LogP contribution in [0, 0.1) is 5.82 Å². The van der Waals surface area contributed by atoms with Crippen molar-refractivity contribution in [1.82, 2.24) is 4.93 Å². The van der Waals surface area contributed by atoms with Gasteiger partial charge in [-0.15, -0.1) is 0 Å². The largest absolute Gasteiger partial charge is 0.398 e. The summed E-state index contributed by atoms with van der Waals surface area (Å²) in [7, 11) is 0. The van der Waals surface area contributed by atoms with Crippen LogP contribution in [0.1, 0.15) is 12.5 Å². The Morgan fingerprint density at radius 1 is 1.31 bits per heavy atom. The average molecular weight is 233 g/mol. The van der Waals surface area contributed by atoms with Crippen molar-refractivity contribution < 1.29 is 17.7 Å². The van der Waals surface area contributed by atoms with E-state index in [-0.39, 0.29) is 5.70 Å². The molecular formula is C10H9F4N2+. The van der Waals surface area contributed by atoms with Crippen LogP contribution in [0.5, 0.6) is 0 Å². The number of hydrogen-bond donors (Lipinski definition) is 1. The molecule has 0 radical (unpaired) electrons. The molecule has 1 heterocycles. The van der Waals surface area contributed by atoms with Crippen LogP contribution in [0.4, 0.5) is 23.4 Å². The van der Waals surface area contributed by atoms with Crippen LogP contribution in [0.15, 0.2) is 24.3 Å². The quantitative estimate of drug-likeness (QED) is 0.416. The highest BCUT2D eigenvalue weighted by molar-refractivity contribution is 5.77. The van der Waals surface area contributed by atoms with Gasteiger partial charge in [0.25, 0.3) is 0 Å². The third-order valence-electron chi connectivity index (χ3n) is 2.55. The first-order valence-electron chi connectivity index (χ1n) is 4.52. The number of benzene rings is 1. The Balaban J connectivity index is 2.79. The van der Waals surface area contributed by atoms with Crippen molar-refractivity contribution in [1.29, 1.82) is 0 Å². The standard InChI is InChI=1S/C10H9F4N2/c1-10(12)5-7(15)9-6(11)3-2-4-8(9)16(10,13)14/h2-5H,15H2,1H3/q+1. The third-order valence-corrected chi connectivity index (χ3v) is 2.55. The van der Waals surface area contributed by atoms with Crippen LogP contribution in [0.3, 0.4) is 0 Å². The molecule has 0 aromatic heterocycles. The number of hydrogen-bond acceptors (Lipinski definition) is 1. The van der Waals surface area contributed by atoms with Gasteiger partial charge in [-0.25, -0.2) is 4.39 Å². The fraction of sp³-hybridized carbons (Fsp3) is 0.200. The molecule has 0 fully saturated rings. The molecule has 0 bridgehead atoms. The average Bonchev–Trinajstić information content (AvgIpc) is 2.14. The molecule has 0 spiro atoms. The first-order chi connectivity index (χ1) is 7.27. The van der Waals surface area contributed by atoms with Crippen molar-refractivity contribution in [3.05, 3.63) is 35.7 Å². The van der Waals surface area contributed by atoms with Gasteiger partial charge in [-0.1, -0.05) is 6.07 Å². The normalized spacial score (nSPS) is 27.2. The van der Waals surface area contributed by atoms with E-state index in [0.717, 1.165) is 18.2 Å². The topological polar surface area (TPSA) is 26.0 Å². The van der Waals surface area contributed by atoms with E-state index in [1.54, 1.807) is 0 Å². The first-order valence-corrected chi connectivity index (χ1v) is 4.52. The monoisotopic (exact) mass is 233 g/mol. The van der Waals surface area contributed by atoms with E-state index in [4.69, 9.17) is 5.73 Å². The van der Waals surface area contributed by atoms with E-state index in [1.807, 2.05) is 0 Å². The number of nitrogens with zero attached hydrogens (tertiary/aromatic N) is 1. The van der Waals surface area contributed by atoms with Crippen molar-refractivity contribution in [3.63, 3.8) is 0 Å².